The van der Waals surface area contributed by atoms with Gasteiger partial charge < -0.3 is 9.84 Å². The summed E-state index contributed by atoms with van der Waals surface area (Å²) < 4.78 is 7.22. The molecule has 0 aliphatic heterocycles. The third-order valence-electron chi connectivity index (χ3n) is 5.29. The molecule has 2 N–H and O–H groups in total. The highest BCUT2D eigenvalue weighted by atomic mass is 16.6. The number of amides is 1. The van der Waals surface area contributed by atoms with E-state index in [0.717, 1.165) is 16.6 Å². The number of aliphatic carboxylic acids is 1. The van der Waals surface area contributed by atoms with Crippen molar-refractivity contribution in [3.63, 3.8) is 0 Å². The summed E-state index contributed by atoms with van der Waals surface area (Å²) in [7, 11) is 0. The number of nitrogens with one attached hydrogen (secondary N) is 1. The molecule has 8 heteroatoms. The summed E-state index contributed by atoms with van der Waals surface area (Å²) in [6.07, 6.45) is 1.42. The van der Waals surface area contributed by atoms with Crippen molar-refractivity contribution >= 4 is 28.8 Å². The number of carboxylic acid groups (broad SMARTS) is 1. The molecule has 4 aromatic rings. The Hall–Kier alpha value is -4.20. The smallest absolute Gasteiger partial charge is 0.418 e. The minimum atomic E-state index is -0.854. The number of carbonyl (C=O) groups is 2. The lowest BCUT2D eigenvalue weighted by Crippen LogP contribution is -2.19. The maximum Gasteiger partial charge on any atom is 0.418 e. The van der Waals surface area contributed by atoms with Gasteiger partial charge in [0.15, 0.2) is 5.75 Å². The van der Waals surface area contributed by atoms with Crippen molar-refractivity contribution in [3.8, 4) is 11.4 Å². The molecule has 0 atom stereocenters. The van der Waals surface area contributed by atoms with Gasteiger partial charge in [0.2, 0.25) is 0 Å². The van der Waals surface area contributed by atoms with Gasteiger partial charge >= 0.3 is 12.1 Å². The fourth-order valence-electron chi connectivity index (χ4n) is 3.52. The van der Waals surface area contributed by atoms with Crippen LogP contribution < -0.4 is 10.1 Å². The van der Waals surface area contributed by atoms with Gasteiger partial charge in [-0.15, -0.1) is 0 Å². The molecule has 4 rings (SSSR count). The van der Waals surface area contributed by atoms with E-state index in [1.807, 2.05) is 69.3 Å². The second-order valence-electron chi connectivity index (χ2n) is 8.99. The third-order valence-corrected chi connectivity index (χ3v) is 5.29. The normalized spacial score (nSPS) is 11.4. The van der Waals surface area contributed by atoms with Crippen LogP contribution in [-0.4, -0.2) is 31.9 Å². The molecule has 2 aromatic carbocycles. The van der Waals surface area contributed by atoms with E-state index in [4.69, 9.17) is 14.9 Å². The SMILES string of the molecule is CC(C)(C)c1cc(NC(=O)Oc2cccc3cccnc23)n(-c2cccc(CCC(=O)O)c2)n1. The molecule has 0 saturated heterocycles. The van der Waals surface area contributed by atoms with Gasteiger partial charge in [0.05, 0.1) is 11.4 Å². The Morgan fingerprint density at radius 2 is 1.82 bits per heavy atom. The van der Waals surface area contributed by atoms with Gasteiger partial charge in [0, 0.05) is 29.5 Å². The Balaban J connectivity index is 1.64. The molecule has 0 bridgehead atoms. The van der Waals surface area contributed by atoms with Crippen molar-refractivity contribution in [2.24, 2.45) is 0 Å². The Labute approximate surface area is 197 Å². The quantitative estimate of drug-likeness (QED) is 0.404. The molecule has 2 heterocycles. The number of aromatic nitrogens is 3. The lowest BCUT2D eigenvalue weighted by molar-refractivity contribution is -0.136. The van der Waals surface area contributed by atoms with E-state index in [1.165, 1.54) is 0 Å². The lowest BCUT2D eigenvalue weighted by atomic mass is 9.92. The molecule has 1 amide bonds. The minimum Gasteiger partial charge on any atom is -0.481 e. The first kappa shape index (κ1) is 23.0. The van der Waals surface area contributed by atoms with E-state index in [1.54, 1.807) is 23.0 Å². The molecule has 174 valence electrons. The number of ether oxygens (including phenoxy) is 1. The van der Waals surface area contributed by atoms with Gasteiger partial charge in [-0.25, -0.2) is 9.48 Å². The number of hydrogen-bond donors (Lipinski definition) is 2. The Morgan fingerprint density at radius 3 is 2.59 bits per heavy atom. The third kappa shape index (κ3) is 5.23. The fraction of sp³-hybridized carbons (Fsp3) is 0.231. The number of nitrogens with zero attached hydrogens (tertiary/aromatic N) is 3. The molecule has 34 heavy (non-hydrogen) atoms. The van der Waals surface area contributed by atoms with Crippen LogP contribution in [0.2, 0.25) is 0 Å². The van der Waals surface area contributed by atoms with Crippen LogP contribution in [0.3, 0.4) is 0 Å². The van der Waals surface area contributed by atoms with E-state index < -0.39 is 12.1 Å². The highest BCUT2D eigenvalue weighted by molar-refractivity contribution is 5.90. The highest BCUT2D eigenvalue weighted by Gasteiger charge is 2.22. The summed E-state index contributed by atoms with van der Waals surface area (Å²) in [6.45, 7) is 6.10. The predicted octanol–water partition coefficient (Wildman–Crippen LogP) is 5.35. The average Bonchev–Trinajstić information content (AvgIpc) is 3.22. The Kier molecular flexibility index (Phi) is 6.32. The molecular weight excluding hydrogens is 432 g/mol. The molecule has 0 unspecified atom stereocenters. The van der Waals surface area contributed by atoms with E-state index in [9.17, 15) is 9.59 Å². The Bertz CT molecular complexity index is 1350. The largest absolute Gasteiger partial charge is 0.481 e. The van der Waals surface area contributed by atoms with Gasteiger partial charge in [-0.05, 0) is 36.2 Å². The number of para-hydroxylation sites is 1. The molecule has 2 aromatic heterocycles. The second-order valence-corrected chi connectivity index (χ2v) is 8.99. The molecule has 0 fully saturated rings. The maximum absolute atomic E-state index is 12.8. The highest BCUT2D eigenvalue weighted by Crippen LogP contribution is 2.28. The van der Waals surface area contributed by atoms with E-state index in [-0.39, 0.29) is 11.8 Å². The summed E-state index contributed by atoms with van der Waals surface area (Å²) in [5, 5.41) is 17.4. The number of fused-ring (bicyclic) bond motifs is 1. The van der Waals surface area contributed by atoms with Crippen LogP contribution in [-0.2, 0) is 16.6 Å². The standard InChI is InChI=1S/C26H26N4O4/c1-26(2,3)21-16-22(30(29-21)19-10-4-7-17(15-19)12-13-23(31)32)28-25(33)34-20-11-5-8-18-9-6-14-27-24(18)20/h4-11,14-16H,12-13H2,1-3H3,(H,28,33)(H,31,32). The summed E-state index contributed by atoms with van der Waals surface area (Å²) in [4.78, 5) is 28.1. The van der Waals surface area contributed by atoms with E-state index in [0.29, 0.717) is 29.2 Å². The van der Waals surface area contributed by atoms with Gasteiger partial charge in [0.1, 0.15) is 11.3 Å². The molecular formula is C26H26N4O4. The number of benzene rings is 2. The van der Waals surface area contributed by atoms with Crippen LogP contribution in [0.15, 0.2) is 66.9 Å². The monoisotopic (exact) mass is 458 g/mol. The zero-order valence-corrected chi connectivity index (χ0v) is 19.3. The predicted molar refractivity (Wildman–Crippen MR) is 130 cm³/mol. The lowest BCUT2D eigenvalue weighted by Gasteiger charge is -2.14. The summed E-state index contributed by atoms with van der Waals surface area (Å²) in [5.74, 6) is -0.0561. The van der Waals surface area contributed by atoms with E-state index >= 15 is 0 Å². The van der Waals surface area contributed by atoms with E-state index in [2.05, 4.69) is 10.3 Å². The number of carbonyl (C=O) groups excluding carboxylic acids is 1. The van der Waals surface area contributed by atoms with Crippen LogP contribution in [0.5, 0.6) is 5.75 Å². The number of rotatable bonds is 6. The summed E-state index contributed by atoms with van der Waals surface area (Å²) in [6, 6.07) is 18.4. The first-order valence-corrected chi connectivity index (χ1v) is 10.9. The van der Waals surface area contributed by atoms with Crippen molar-refractivity contribution in [3.05, 3.63) is 78.1 Å². The van der Waals surface area contributed by atoms with Crippen molar-refractivity contribution in [2.75, 3.05) is 5.32 Å². The summed E-state index contributed by atoms with van der Waals surface area (Å²) >= 11 is 0. The van der Waals surface area contributed by atoms with Gasteiger partial charge in [0.25, 0.3) is 0 Å². The molecule has 0 saturated carbocycles. The van der Waals surface area contributed by atoms with Crippen molar-refractivity contribution in [2.45, 2.75) is 39.0 Å². The molecule has 8 nitrogen and oxygen atoms in total. The molecule has 0 aliphatic rings. The maximum atomic E-state index is 12.8. The van der Waals surface area contributed by atoms with Gasteiger partial charge in [-0.2, -0.15) is 5.10 Å². The zero-order valence-electron chi connectivity index (χ0n) is 19.3. The number of hydrogen-bond acceptors (Lipinski definition) is 5. The van der Waals surface area contributed by atoms with Crippen LogP contribution in [0.25, 0.3) is 16.6 Å². The molecule has 0 aliphatic carbocycles. The fourth-order valence-corrected chi connectivity index (χ4v) is 3.52. The van der Waals surface area contributed by atoms with Crippen molar-refractivity contribution in [1.29, 1.82) is 0 Å². The number of aryl methyl sites for hydroxylation is 1. The van der Waals surface area contributed by atoms with Crippen molar-refractivity contribution < 1.29 is 19.4 Å². The zero-order chi connectivity index (χ0) is 24.3. The second kappa shape index (κ2) is 9.35. The average molecular weight is 459 g/mol. The number of pyridine rings is 1. The number of carboxylic acids is 1. The van der Waals surface area contributed by atoms with Crippen LogP contribution in [0.4, 0.5) is 10.6 Å². The topological polar surface area (TPSA) is 106 Å². The first-order chi connectivity index (χ1) is 16.2. The molecule has 0 spiro atoms. The molecule has 0 radical (unpaired) electrons. The Morgan fingerprint density at radius 1 is 1.06 bits per heavy atom. The van der Waals surface area contributed by atoms with Crippen LogP contribution in [0, 0.1) is 0 Å². The first-order valence-electron chi connectivity index (χ1n) is 10.9. The minimum absolute atomic E-state index is 0.0340. The van der Waals surface area contributed by atoms with Gasteiger partial charge in [-0.3, -0.25) is 15.1 Å². The van der Waals surface area contributed by atoms with Gasteiger partial charge in [-0.1, -0.05) is 51.1 Å². The van der Waals surface area contributed by atoms with Crippen molar-refractivity contribution in [1.82, 2.24) is 14.8 Å². The van der Waals surface area contributed by atoms with Crippen LogP contribution in [0.1, 0.15) is 38.4 Å². The number of anilines is 1. The van der Waals surface area contributed by atoms with Crippen LogP contribution >= 0.6 is 0 Å². The summed E-state index contributed by atoms with van der Waals surface area (Å²) in [5.41, 5.74) is 2.69.